The molecule has 0 aromatic rings. The zero-order valence-corrected chi connectivity index (χ0v) is 12.3. The van der Waals surface area contributed by atoms with Gasteiger partial charge in [0.2, 0.25) is 5.91 Å². The van der Waals surface area contributed by atoms with Crippen molar-refractivity contribution in [2.75, 3.05) is 5.75 Å². The SMILES string of the molecule is CC(=O)NC(CS)C(=O)OC1CCC(C)(C)CC1. The highest BCUT2D eigenvalue weighted by Crippen LogP contribution is 2.36. The summed E-state index contributed by atoms with van der Waals surface area (Å²) in [7, 11) is 0. The van der Waals surface area contributed by atoms with Gasteiger partial charge in [-0.1, -0.05) is 13.8 Å². The summed E-state index contributed by atoms with van der Waals surface area (Å²) in [5.74, 6) is -0.350. The molecule has 0 radical (unpaired) electrons. The van der Waals surface area contributed by atoms with Crippen LogP contribution >= 0.6 is 12.6 Å². The zero-order valence-electron chi connectivity index (χ0n) is 11.4. The van der Waals surface area contributed by atoms with Crippen LogP contribution in [0.3, 0.4) is 0 Å². The lowest BCUT2D eigenvalue weighted by molar-refractivity contribution is -0.154. The number of carbonyl (C=O) groups is 2. The third-order valence-electron chi connectivity index (χ3n) is 3.41. The third kappa shape index (κ3) is 4.88. The van der Waals surface area contributed by atoms with Crippen LogP contribution in [0.1, 0.15) is 46.5 Å². The topological polar surface area (TPSA) is 55.4 Å². The minimum Gasteiger partial charge on any atom is -0.461 e. The van der Waals surface area contributed by atoms with E-state index in [-0.39, 0.29) is 23.7 Å². The summed E-state index contributed by atoms with van der Waals surface area (Å²) in [5, 5.41) is 2.55. The second-order valence-electron chi connectivity index (χ2n) is 5.74. The Morgan fingerprint density at radius 2 is 1.94 bits per heavy atom. The lowest BCUT2D eigenvalue weighted by Gasteiger charge is -2.34. The lowest BCUT2D eigenvalue weighted by Crippen LogP contribution is -2.44. The van der Waals surface area contributed by atoms with Gasteiger partial charge in [-0.25, -0.2) is 4.79 Å². The van der Waals surface area contributed by atoms with Crippen molar-refractivity contribution in [2.24, 2.45) is 5.41 Å². The van der Waals surface area contributed by atoms with Crippen molar-refractivity contribution in [3.8, 4) is 0 Å². The summed E-state index contributed by atoms with van der Waals surface area (Å²) in [6.07, 6.45) is 3.92. The number of amides is 1. The Kier molecular flexibility index (Phi) is 5.50. The van der Waals surface area contributed by atoms with Gasteiger partial charge in [0.25, 0.3) is 0 Å². The monoisotopic (exact) mass is 273 g/mol. The Hall–Kier alpha value is -0.710. The van der Waals surface area contributed by atoms with Crippen molar-refractivity contribution in [3.63, 3.8) is 0 Å². The molecule has 1 saturated carbocycles. The van der Waals surface area contributed by atoms with Gasteiger partial charge in [0.1, 0.15) is 12.1 Å². The predicted molar refractivity (Wildman–Crippen MR) is 73.6 cm³/mol. The van der Waals surface area contributed by atoms with E-state index >= 15 is 0 Å². The molecule has 1 aliphatic carbocycles. The van der Waals surface area contributed by atoms with E-state index in [2.05, 4.69) is 31.8 Å². The van der Waals surface area contributed by atoms with E-state index in [4.69, 9.17) is 4.74 Å². The molecule has 1 rings (SSSR count). The Bertz CT molecular complexity index is 307. The van der Waals surface area contributed by atoms with E-state index < -0.39 is 6.04 Å². The van der Waals surface area contributed by atoms with Crippen LogP contribution in [0.15, 0.2) is 0 Å². The third-order valence-corrected chi connectivity index (χ3v) is 3.78. The number of esters is 1. The molecule has 0 saturated heterocycles. The van der Waals surface area contributed by atoms with Crippen LogP contribution in [-0.4, -0.2) is 29.8 Å². The van der Waals surface area contributed by atoms with Gasteiger partial charge < -0.3 is 10.1 Å². The summed E-state index contributed by atoms with van der Waals surface area (Å²) in [6.45, 7) is 5.85. The van der Waals surface area contributed by atoms with E-state index in [1.165, 1.54) is 6.92 Å². The fraction of sp³-hybridized carbons (Fsp3) is 0.846. The van der Waals surface area contributed by atoms with Crippen LogP contribution < -0.4 is 5.32 Å². The van der Waals surface area contributed by atoms with E-state index in [1.54, 1.807) is 0 Å². The molecule has 1 aliphatic rings. The van der Waals surface area contributed by atoms with E-state index in [0.717, 1.165) is 25.7 Å². The zero-order chi connectivity index (χ0) is 13.8. The normalized spacial score (nSPS) is 21.1. The molecular weight excluding hydrogens is 250 g/mol. The molecular formula is C13H23NO3S. The number of carbonyl (C=O) groups excluding carboxylic acids is 2. The first kappa shape index (κ1) is 15.3. The van der Waals surface area contributed by atoms with Crippen LogP contribution in [0.2, 0.25) is 0 Å². The van der Waals surface area contributed by atoms with Crippen LogP contribution in [0.4, 0.5) is 0 Å². The largest absolute Gasteiger partial charge is 0.461 e. The molecule has 4 nitrogen and oxygen atoms in total. The average molecular weight is 273 g/mol. The van der Waals surface area contributed by atoms with Crippen LogP contribution in [0.5, 0.6) is 0 Å². The van der Waals surface area contributed by atoms with Crippen LogP contribution in [0, 0.1) is 5.41 Å². The number of rotatable bonds is 4. The smallest absolute Gasteiger partial charge is 0.329 e. The molecule has 0 bridgehead atoms. The molecule has 0 aromatic carbocycles. The minimum atomic E-state index is -0.638. The number of thiol groups is 1. The molecule has 1 atom stereocenters. The van der Waals surface area contributed by atoms with E-state index in [1.807, 2.05) is 0 Å². The van der Waals surface area contributed by atoms with Crippen LogP contribution in [0.25, 0.3) is 0 Å². The standard InChI is InChI=1S/C13H23NO3S/c1-9(15)14-11(8-18)12(16)17-10-4-6-13(2,3)7-5-10/h10-11,18H,4-8H2,1-3H3,(H,14,15). The Labute approximate surface area is 114 Å². The summed E-state index contributed by atoms with van der Waals surface area (Å²) in [4.78, 5) is 22.8. The molecule has 1 amide bonds. The van der Waals surface area contributed by atoms with Crippen molar-refractivity contribution in [1.29, 1.82) is 0 Å². The molecule has 0 aromatic heterocycles. The number of nitrogens with one attached hydrogen (secondary N) is 1. The van der Waals surface area contributed by atoms with Gasteiger partial charge in [-0.05, 0) is 31.1 Å². The molecule has 1 fully saturated rings. The number of ether oxygens (including phenoxy) is 1. The van der Waals surface area contributed by atoms with Gasteiger partial charge in [-0.2, -0.15) is 12.6 Å². The summed E-state index contributed by atoms with van der Waals surface area (Å²) >= 11 is 4.06. The van der Waals surface area contributed by atoms with Crippen molar-refractivity contribution in [3.05, 3.63) is 0 Å². The molecule has 104 valence electrons. The van der Waals surface area contributed by atoms with Gasteiger partial charge >= 0.3 is 5.97 Å². The van der Waals surface area contributed by atoms with Gasteiger partial charge in [0, 0.05) is 12.7 Å². The Balaban J connectivity index is 2.42. The first-order valence-electron chi connectivity index (χ1n) is 6.42. The quantitative estimate of drug-likeness (QED) is 0.608. The maximum atomic E-state index is 11.9. The Morgan fingerprint density at radius 3 is 2.39 bits per heavy atom. The van der Waals surface area contributed by atoms with Crippen molar-refractivity contribution in [2.45, 2.75) is 58.6 Å². The molecule has 0 aliphatic heterocycles. The molecule has 0 spiro atoms. The molecule has 5 heteroatoms. The fourth-order valence-electron chi connectivity index (χ4n) is 2.16. The first-order valence-corrected chi connectivity index (χ1v) is 7.06. The Morgan fingerprint density at radius 1 is 1.39 bits per heavy atom. The highest BCUT2D eigenvalue weighted by atomic mass is 32.1. The summed E-state index contributed by atoms with van der Waals surface area (Å²) in [5.41, 5.74) is 0.351. The van der Waals surface area contributed by atoms with Gasteiger partial charge in [-0.15, -0.1) is 0 Å². The highest BCUT2D eigenvalue weighted by molar-refractivity contribution is 7.80. The van der Waals surface area contributed by atoms with Gasteiger partial charge in [-0.3, -0.25) is 4.79 Å². The van der Waals surface area contributed by atoms with Crippen molar-refractivity contribution < 1.29 is 14.3 Å². The first-order chi connectivity index (χ1) is 8.34. The van der Waals surface area contributed by atoms with Gasteiger partial charge in [0.05, 0.1) is 0 Å². The number of hydrogen-bond acceptors (Lipinski definition) is 4. The average Bonchev–Trinajstić information content (AvgIpc) is 2.28. The second-order valence-corrected chi connectivity index (χ2v) is 6.10. The summed E-state index contributed by atoms with van der Waals surface area (Å²) < 4.78 is 5.44. The predicted octanol–water partition coefficient (Wildman–Crippen LogP) is 1.93. The van der Waals surface area contributed by atoms with Crippen LogP contribution in [-0.2, 0) is 14.3 Å². The minimum absolute atomic E-state index is 0.0123. The van der Waals surface area contributed by atoms with E-state index in [9.17, 15) is 9.59 Å². The molecule has 18 heavy (non-hydrogen) atoms. The molecule has 1 unspecified atom stereocenters. The molecule has 1 N–H and O–H groups in total. The molecule has 0 heterocycles. The van der Waals surface area contributed by atoms with Crippen molar-refractivity contribution >= 4 is 24.5 Å². The maximum Gasteiger partial charge on any atom is 0.329 e. The van der Waals surface area contributed by atoms with Gasteiger partial charge in [0.15, 0.2) is 0 Å². The fourth-order valence-corrected chi connectivity index (χ4v) is 2.40. The maximum absolute atomic E-state index is 11.9. The summed E-state index contributed by atoms with van der Waals surface area (Å²) in [6, 6.07) is -0.638. The van der Waals surface area contributed by atoms with E-state index in [0.29, 0.717) is 5.41 Å². The number of hydrogen-bond donors (Lipinski definition) is 2. The van der Waals surface area contributed by atoms with Crippen molar-refractivity contribution in [1.82, 2.24) is 5.32 Å². The highest BCUT2D eigenvalue weighted by Gasteiger charge is 2.30. The lowest BCUT2D eigenvalue weighted by atomic mass is 9.76. The second kappa shape index (κ2) is 6.45.